The fourth-order valence-corrected chi connectivity index (χ4v) is 3.29. The molecule has 2 aromatic carbocycles. The first kappa shape index (κ1) is 22.0. The molecular formula is C22H20ClN7O3. The first-order chi connectivity index (χ1) is 16.0. The van der Waals surface area contributed by atoms with Gasteiger partial charge in [-0.1, -0.05) is 29.8 Å². The number of benzene rings is 2. The molecule has 2 aromatic heterocycles. The number of carboxylic acid groups (broad SMARTS) is 1. The molecule has 10 nitrogen and oxygen atoms in total. The summed E-state index contributed by atoms with van der Waals surface area (Å²) in [7, 11) is 0. The zero-order valence-electron chi connectivity index (χ0n) is 17.3. The summed E-state index contributed by atoms with van der Waals surface area (Å²) in [6, 6.07) is 14.7. The Bertz CT molecular complexity index is 1290. The lowest BCUT2D eigenvalue weighted by atomic mass is 10.2. The van der Waals surface area contributed by atoms with E-state index in [1.54, 1.807) is 12.1 Å². The number of carbonyl (C=O) groups is 2. The Morgan fingerprint density at radius 2 is 1.76 bits per heavy atom. The number of carboxylic acids is 1. The maximum Gasteiger partial charge on any atom is 0.303 e. The van der Waals surface area contributed by atoms with Crippen molar-refractivity contribution in [1.82, 2.24) is 25.5 Å². The molecule has 0 bridgehead atoms. The third-order valence-electron chi connectivity index (χ3n) is 4.72. The van der Waals surface area contributed by atoms with Crippen molar-refractivity contribution >= 4 is 57.5 Å². The second-order valence-electron chi connectivity index (χ2n) is 7.15. The van der Waals surface area contributed by atoms with Crippen LogP contribution in [0.25, 0.3) is 11.0 Å². The van der Waals surface area contributed by atoms with Crippen molar-refractivity contribution in [2.24, 2.45) is 0 Å². The van der Waals surface area contributed by atoms with Gasteiger partial charge in [0.1, 0.15) is 17.5 Å². The summed E-state index contributed by atoms with van der Waals surface area (Å²) in [5.74, 6) is -0.186. The molecule has 4 rings (SSSR count). The number of aromatic nitrogens is 4. The van der Waals surface area contributed by atoms with Gasteiger partial charge in [0.05, 0.1) is 6.42 Å². The van der Waals surface area contributed by atoms with Gasteiger partial charge in [0.2, 0.25) is 5.91 Å². The Morgan fingerprint density at radius 1 is 0.970 bits per heavy atom. The van der Waals surface area contributed by atoms with Crippen LogP contribution in [0, 0.1) is 0 Å². The highest BCUT2D eigenvalue weighted by Gasteiger charge is 2.14. The molecule has 33 heavy (non-hydrogen) atoms. The molecule has 0 aliphatic carbocycles. The first-order valence-electron chi connectivity index (χ1n) is 10.0. The van der Waals surface area contributed by atoms with Crippen LogP contribution in [0.2, 0.25) is 5.02 Å². The second kappa shape index (κ2) is 9.96. The predicted octanol–water partition coefficient (Wildman–Crippen LogP) is 3.97. The molecule has 1 amide bonds. The number of hydrogen-bond acceptors (Lipinski definition) is 7. The van der Waals surface area contributed by atoms with Gasteiger partial charge in [-0.05, 0) is 35.9 Å². The number of nitrogens with one attached hydrogen (secondary N) is 4. The van der Waals surface area contributed by atoms with E-state index in [0.717, 1.165) is 16.9 Å². The van der Waals surface area contributed by atoms with Crippen LogP contribution in [0.5, 0.6) is 0 Å². The van der Waals surface area contributed by atoms with E-state index >= 15 is 0 Å². The topological polar surface area (TPSA) is 145 Å². The summed E-state index contributed by atoms with van der Waals surface area (Å²) < 4.78 is 0. The Hall–Kier alpha value is -4.18. The van der Waals surface area contributed by atoms with Crippen LogP contribution in [0.3, 0.4) is 0 Å². The van der Waals surface area contributed by atoms with E-state index in [-0.39, 0.29) is 18.7 Å². The third-order valence-corrected chi connectivity index (χ3v) is 4.95. The summed E-state index contributed by atoms with van der Waals surface area (Å²) in [6.45, 7) is 0.311. The number of carbonyl (C=O) groups excluding carboxylic acids is 1. The number of nitrogens with zero attached hydrogens (tertiary/aromatic N) is 3. The zero-order valence-corrected chi connectivity index (χ0v) is 18.1. The van der Waals surface area contributed by atoms with Crippen LogP contribution in [0.4, 0.5) is 23.0 Å². The monoisotopic (exact) mass is 465 g/mol. The van der Waals surface area contributed by atoms with Gasteiger partial charge in [-0.15, -0.1) is 0 Å². The lowest BCUT2D eigenvalue weighted by molar-refractivity contribution is -0.138. The normalized spacial score (nSPS) is 10.7. The lowest BCUT2D eigenvalue weighted by Crippen LogP contribution is -2.23. The number of aliphatic carboxylic acids is 1. The van der Waals surface area contributed by atoms with E-state index in [2.05, 4.69) is 36.1 Å². The lowest BCUT2D eigenvalue weighted by Gasteiger charge is -2.09. The van der Waals surface area contributed by atoms with Gasteiger partial charge in [-0.25, -0.2) is 9.97 Å². The molecule has 168 valence electrons. The molecule has 11 heteroatoms. The molecule has 2 heterocycles. The average Bonchev–Trinajstić information content (AvgIpc) is 3.21. The molecule has 0 radical (unpaired) electrons. The van der Waals surface area contributed by atoms with Gasteiger partial charge >= 0.3 is 5.97 Å². The third kappa shape index (κ3) is 5.74. The Labute approximate surface area is 193 Å². The molecular weight excluding hydrogens is 446 g/mol. The van der Waals surface area contributed by atoms with Crippen molar-refractivity contribution in [3.63, 3.8) is 0 Å². The van der Waals surface area contributed by atoms with Crippen LogP contribution >= 0.6 is 11.6 Å². The van der Waals surface area contributed by atoms with Crippen LogP contribution in [0.15, 0.2) is 54.9 Å². The smallest absolute Gasteiger partial charge is 0.303 e. The van der Waals surface area contributed by atoms with Crippen molar-refractivity contribution in [3.05, 3.63) is 65.4 Å². The highest BCUT2D eigenvalue weighted by molar-refractivity contribution is 6.30. The molecule has 0 fully saturated rings. The van der Waals surface area contributed by atoms with Gasteiger partial charge in [0.15, 0.2) is 11.5 Å². The number of anilines is 4. The number of fused-ring (bicyclic) bond motifs is 1. The number of aromatic amines is 1. The maximum absolute atomic E-state index is 11.7. The van der Waals surface area contributed by atoms with Gasteiger partial charge in [0.25, 0.3) is 0 Å². The zero-order chi connectivity index (χ0) is 23.2. The summed E-state index contributed by atoms with van der Waals surface area (Å²) >= 11 is 6.08. The molecule has 0 atom stereocenters. The van der Waals surface area contributed by atoms with E-state index in [0.29, 0.717) is 34.2 Å². The van der Waals surface area contributed by atoms with E-state index in [9.17, 15) is 9.59 Å². The molecule has 4 aromatic rings. The van der Waals surface area contributed by atoms with Gasteiger partial charge in [-0.3, -0.25) is 14.7 Å². The Morgan fingerprint density at radius 3 is 2.52 bits per heavy atom. The molecule has 0 aliphatic rings. The summed E-state index contributed by atoms with van der Waals surface area (Å²) in [4.78, 5) is 30.8. The van der Waals surface area contributed by atoms with Crippen molar-refractivity contribution in [1.29, 1.82) is 0 Å². The molecule has 5 N–H and O–H groups in total. The highest BCUT2D eigenvalue weighted by Crippen LogP contribution is 2.30. The minimum atomic E-state index is -0.997. The van der Waals surface area contributed by atoms with E-state index in [1.807, 2.05) is 36.4 Å². The predicted molar refractivity (Wildman–Crippen MR) is 125 cm³/mol. The van der Waals surface area contributed by atoms with Crippen molar-refractivity contribution in [2.75, 3.05) is 10.6 Å². The van der Waals surface area contributed by atoms with Gasteiger partial charge in [0, 0.05) is 29.4 Å². The molecule has 0 saturated heterocycles. The van der Waals surface area contributed by atoms with Crippen LogP contribution in [-0.2, 0) is 16.1 Å². The number of halogens is 1. The van der Waals surface area contributed by atoms with Crippen LogP contribution in [0.1, 0.15) is 18.4 Å². The quantitative estimate of drug-likeness (QED) is 0.249. The highest BCUT2D eigenvalue weighted by atomic mass is 35.5. The largest absolute Gasteiger partial charge is 0.481 e. The molecule has 0 spiro atoms. The van der Waals surface area contributed by atoms with E-state index in [4.69, 9.17) is 16.7 Å². The summed E-state index contributed by atoms with van der Waals surface area (Å²) in [5, 5.41) is 26.3. The minimum Gasteiger partial charge on any atom is -0.481 e. The van der Waals surface area contributed by atoms with Crippen LogP contribution in [-0.4, -0.2) is 37.1 Å². The second-order valence-corrected chi connectivity index (χ2v) is 7.58. The summed E-state index contributed by atoms with van der Waals surface area (Å²) in [6.07, 6.45) is 1.20. The summed E-state index contributed by atoms with van der Waals surface area (Å²) in [5.41, 5.74) is 3.01. The SMILES string of the molecule is O=C(O)CCC(=O)NCc1ccc(Nc2n[nH]c3ncnc(Nc4cccc(Cl)c4)c23)cc1. The number of rotatable bonds is 9. The molecule has 0 aliphatic heterocycles. The Balaban J connectivity index is 1.45. The standard InChI is InChI=1S/C22H20ClN7O3/c23-14-2-1-3-16(10-14)28-20-19-21(26-12-25-20)29-30-22(19)27-15-6-4-13(5-7-15)11-24-17(31)8-9-18(32)33/h1-7,10,12H,8-9,11H2,(H,24,31)(H,32,33)(H3,25,26,27,28,29,30). The number of H-pyrrole nitrogens is 1. The van der Waals surface area contributed by atoms with Crippen molar-refractivity contribution < 1.29 is 14.7 Å². The van der Waals surface area contributed by atoms with E-state index in [1.165, 1.54) is 6.33 Å². The van der Waals surface area contributed by atoms with Crippen molar-refractivity contribution in [2.45, 2.75) is 19.4 Å². The number of amides is 1. The van der Waals surface area contributed by atoms with Crippen molar-refractivity contribution in [3.8, 4) is 0 Å². The fraction of sp³-hybridized carbons (Fsp3) is 0.136. The van der Waals surface area contributed by atoms with Crippen LogP contribution < -0.4 is 16.0 Å². The molecule has 0 unspecified atom stereocenters. The van der Waals surface area contributed by atoms with E-state index < -0.39 is 5.97 Å². The van der Waals surface area contributed by atoms with Gasteiger partial charge < -0.3 is 21.1 Å². The number of hydrogen-bond donors (Lipinski definition) is 5. The first-order valence-corrected chi connectivity index (χ1v) is 10.4. The minimum absolute atomic E-state index is 0.0468. The Kier molecular flexibility index (Phi) is 6.65. The molecule has 0 saturated carbocycles. The van der Waals surface area contributed by atoms with Gasteiger partial charge in [-0.2, -0.15) is 5.10 Å². The average molecular weight is 466 g/mol. The fourth-order valence-electron chi connectivity index (χ4n) is 3.10. The maximum atomic E-state index is 11.7.